The SMILES string of the molecule is C=C(C)c1ccc(C#Cc2ccc(CC)cc2)cc1. The Balaban J connectivity index is 2.16. The van der Waals surface area contributed by atoms with E-state index < -0.39 is 0 Å². The number of benzene rings is 2. The van der Waals surface area contributed by atoms with Crippen LogP contribution in [0.1, 0.15) is 36.1 Å². The van der Waals surface area contributed by atoms with E-state index in [4.69, 9.17) is 0 Å². The third kappa shape index (κ3) is 3.60. The molecule has 0 aromatic heterocycles. The molecule has 94 valence electrons. The second kappa shape index (κ2) is 6.07. The Kier molecular flexibility index (Phi) is 4.21. The predicted octanol–water partition coefficient (Wildman–Crippen LogP) is 4.68. The van der Waals surface area contributed by atoms with E-state index >= 15 is 0 Å². The monoisotopic (exact) mass is 246 g/mol. The van der Waals surface area contributed by atoms with Crippen molar-refractivity contribution in [1.29, 1.82) is 0 Å². The summed E-state index contributed by atoms with van der Waals surface area (Å²) in [7, 11) is 0. The molecule has 0 saturated heterocycles. The number of allylic oxidation sites excluding steroid dienone is 1. The zero-order valence-electron chi connectivity index (χ0n) is 11.5. The summed E-state index contributed by atoms with van der Waals surface area (Å²) in [5.41, 5.74) is 5.68. The summed E-state index contributed by atoms with van der Waals surface area (Å²) in [4.78, 5) is 0. The lowest BCUT2D eigenvalue weighted by atomic mass is 10.1. The van der Waals surface area contributed by atoms with Gasteiger partial charge in [-0.3, -0.25) is 0 Å². The zero-order chi connectivity index (χ0) is 13.7. The summed E-state index contributed by atoms with van der Waals surface area (Å²) in [5, 5.41) is 0. The van der Waals surface area contributed by atoms with Gasteiger partial charge in [0, 0.05) is 11.1 Å². The molecule has 0 aliphatic rings. The highest BCUT2D eigenvalue weighted by atomic mass is 14.0. The van der Waals surface area contributed by atoms with Crippen LogP contribution in [0.4, 0.5) is 0 Å². The van der Waals surface area contributed by atoms with Crippen molar-refractivity contribution in [3.63, 3.8) is 0 Å². The van der Waals surface area contributed by atoms with Gasteiger partial charge in [0.1, 0.15) is 0 Å². The van der Waals surface area contributed by atoms with Crippen LogP contribution in [0.15, 0.2) is 55.1 Å². The fraction of sp³-hybridized carbons (Fsp3) is 0.158. The van der Waals surface area contributed by atoms with Crippen molar-refractivity contribution in [1.82, 2.24) is 0 Å². The van der Waals surface area contributed by atoms with Gasteiger partial charge in [-0.1, -0.05) is 55.2 Å². The average Bonchev–Trinajstić information content (AvgIpc) is 2.46. The Hall–Kier alpha value is -2.26. The first-order valence-electron chi connectivity index (χ1n) is 6.56. The van der Waals surface area contributed by atoms with Crippen molar-refractivity contribution < 1.29 is 0 Å². The van der Waals surface area contributed by atoms with Crippen molar-refractivity contribution in [2.45, 2.75) is 20.3 Å². The second-order valence-corrected chi connectivity index (χ2v) is 4.66. The summed E-state index contributed by atoms with van der Waals surface area (Å²) < 4.78 is 0. The molecule has 0 amide bonds. The minimum atomic E-state index is 1.03. The van der Waals surface area contributed by atoms with Gasteiger partial charge in [-0.2, -0.15) is 0 Å². The molecule has 0 fully saturated rings. The lowest BCUT2D eigenvalue weighted by molar-refractivity contribution is 1.14. The first-order valence-corrected chi connectivity index (χ1v) is 6.56. The van der Waals surface area contributed by atoms with Crippen LogP contribution >= 0.6 is 0 Å². The minimum Gasteiger partial charge on any atom is -0.0955 e. The number of aryl methyl sites for hydroxylation is 1. The van der Waals surface area contributed by atoms with E-state index in [1.807, 2.05) is 19.1 Å². The molecule has 0 radical (unpaired) electrons. The van der Waals surface area contributed by atoms with Crippen molar-refractivity contribution >= 4 is 5.57 Å². The third-order valence-electron chi connectivity index (χ3n) is 3.09. The molecule has 0 heterocycles. The highest BCUT2D eigenvalue weighted by molar-refractivity contribution is 5.62. The summed E-state index contributed by atoms with van der Waals surface area (Å²) in [6.45, 7) is 8.10. The van der Waals surface area contributed by atoms with Crippen LogP contribution in [0.5, 0.6) is 0 Å². The zero-order valence-corrected chi connectivity index (χ0v) is 11.5. The predicted molar refractivity (Wildman–Crippen MR) is 83.0 cm³/mol. The van der Waals surface area contributed by atoms with Crippen LogP contribution < -0.4 is 0 Å². The summed E-state index contributed by atoms with van der Waals surface area (Å²) in [5.74, 6) is 6.37. The van der Waals surface area contributed by atoms with Crippen LogP contribution in [0.25, 0.3) is 5.57 Å². The average molecular weight is 246 g/mol. The standard InChI is InChI=1S/C19H18/c1-4-16-5-7-17(8-6-16)9-10-18-11-13-19(14-12-18)15(2)3/h5-8,11-14H,2,4H2,1,3H3. The topological polar surface area (TPSA) is 0 Å². The van der Waals surface area contributed by atoms with Gasteiger partial charge in [0.25, 0.3) is 0 Å². The van der Waals surface area contributed by atoms with Crippen LogP contribution in [0, 0.1) is 11.8 Å². The van der Waals surface area contributed by atoms with E-state index in [-0.39, 0.29) is 0 Å². The fourth-order valence-electron chi connectivity index (χ4n) is 1.81. The van der Waals surface area contributed by atoms with Gasteiger partial charge >= 0.3 is 0 Å². The second-order valence-electron chi connectivity index (χ2n) is 4.66. The molecule has 0 unspecified atom stereocenters. The van der Waals surface area contributed by atoms with Gasteiger partial charge in [0.05, 0.1) is 0 Å². The Labute approximate surface area is 115 Å². The van der Waals surface area contributed by atoms with E-state index in [1.165, 1.54) is 5.56 Å². The third-order valence-corrected chi connectivity index (χ3v) is 3.09. The molecule has 0 aliphatic carbocycles. The normalized spacial score (nSPS) is 9.58. The maximum absolute atomic E-state index is 3.93. The first kappa shape index (κ1) is 13.2. The van der Waals surface area contributed by atoms with Crippen LogP contribution in [-0.2, 0) is 6.42 Å². The van der Waals surface area contributed by atoms with Gasteiger partial charge in [-0.25, -0.2) is 0 Å². The quantitative estimate of drug-likeness (QED) is 0.675. The van der Waals surface area contributed by atoms with Crippen molar-refractivity contribution in [2.75, 3.05) is 0 Å². The molecule has 0 spiro atoms. The molecule has 0 nitrogen and oxygen atoms in total. The Morgan fingerprint density at radius 1 is 0.895 bits per heavy atom. The molecule has 0 bridgehead atoms. The van der Waals surface area contributed by atoms with Crippen LogP contribution in [-0.4, -0.2) is 0 Å². The Morgan fingerprint density at radius 3 is 1.79 bits per heavy atom. The van der Waals surface area contributed by atoms with E-state index in [2.05, 4.69) is 61.7 Å². The number of rotatable bonds is 2. The molecule has 0 saturated carbocycles. The molecule has 0 heteroatoms. The van der Waals surface area contributed by atoms with Crippen molar-refractivity contribution in [3.8, 4) is 11.8 Å². The van der Waals surface area contributed by atoms with E-state index in [0.717, 1.165) is 28.7 Å². The lowest BCUT2D eigenvalue weighted by Gasteiger charge is -1.98. The van der Waals surface area contributed by atoms with Gasteiger partial charge < -0.3 is 0 Å². The summed E-state index contributed by atoms with van der Waals surface area (Å²) >= 11 is 0. The highest BCUT2D eigenvalue weighted by Gasteiger charge is 1.93. The smallest absolute Gasteiger partial charge is 0.0249 e. The fourth-order valence-corrected chi connectivity index (χ4v) is 1.81. The number of hydrogen-bond acceptors (Lipinski definition) is 0. The molecule has 19 heavy (non-hydrogen) atoms. The van der Waals surface area contributed by atoms with Gasteiger partial charge in [-0.15, -0.1) is 0 Å². The highest BCUT2D eigenvalue weighted by Crippen LogP contribution is 2.12. The van der Waals surface area contributed by atoms with Crippen LogP contribution in [0.2, 0.25) is 0 Å². The number of hydrogen-bond donors (Lipinski definition) is 0. The largest absolute Gasteiger partial charge is 0.0955 e. The van der Waals surface area contributed by atoms with E-state index in [9.17, 15) is 0 Å². The molecule has 2 aromatic rings. The molecule has 0 aliphatic heterocycles. The Bertz CT molecular complexity index is 616. The molecular weight excluding hydrogens is 228 g/mol. The molecular formula is C19H18. The maximum Gasteiger partial charge on any atom is 0.0249 e. The molecule has 0 atom stereocenters. The molecule has 2 aromatic carbocycles. The summed E-state index contributed by atoms with van der Waals surface area (Å²) in [6, 6.07) is 16.6. The minimum absolute atomic E-state index is 1.03. The Morgan fingerprint density at radius 2 is 1.37 bits per heavy atom. The van der Waals surface area contributed by atoms with Crippen LogP contribution in [0.3, 0.4) is 0 Å². The van der Waals surface area contributed by atoms with Gasteiger partial charge in [0.2, 0.25) is 0 Å². The van der Waals surface area contributed by atoms with Crippen molar-refractivity contribution in [3.05, 3.63) is 77.4 Å². The summed E-state index contributed by atoms with van der Waals surface area (Å²) in [6.07, 6.45) is 1.07. The van der Waals surface area contributed by atoms with Gasteiger partial charge in [-0.05, 0) is 48.7 Å². The van der Waals surface area contributed by atoms with E-state index in [0.29, 0.717) is 0 Å². The maximum atomic E-state index is 3.93. The van der Waals surface area contributed by atoms with Crippen molar-refractivity contribution in [2.24, 2.45) is 0 Å². The van der Waals surface area contributed by atoms with Gasteiger partial charge in [0.15, 0.2) is 0 Å². The lowest BCUT2D eigenvalue weighted by Crippen LogP contribution is -1.81. The van der Waals surface area contributed by atoms with E-state index in [1.54, 1.807) is 0 Å². The molecule has 0 N–H and O–H groups in total. The molecule has 2 rings (SSSR count). The first-order chi connectivity index (χ1) is 9.19.